The van der Waals surface area contributed by atoms with Crippen molar-refractivity contribution in [2.24, 2.45) is 0 Å². The summed E-state index contributed by atoms with van der Waals surface area (Å²) >= 11 is 3.69. The molecule has 0 unspecified atom stereocenters. The number of hydrogen-bond acceptors (Lipinski definition) is 3. The van der Waals surface area contributed by atoms with E-state index in [1.807, 2.05) is 0 Å². The van der Waals surface area contributed by atoms with Gasteiger partial charge in [-0.2, -0.15) is 0 Å². The highest BCUT2D eigenvalue weighted by Crippen LogP contribution is 2.44. The van der Waals surface area contributed by atoms with Gasteiger partial charge in [0.2, 0.25) is 0 Å². The van der Waals surface area contributed by atoms with E-state index >= 15 is 0 Å². The Bertz CT molecular complexity index is 426. The maximum absolute atomic E-state index is 4.85. The fourth-order valence-electron chi connectivity index (χ4n) is 2.31. The molecule has 4 heteroatoms. The third-order valence-corrected chi connectivity index (χ3v) is 4.53. The van der Waals surface area contributed by atoms with E-state index in [2.05, 4.69) is 42.0 Å². The van der Waals surface area contributed by atoms with Crippen molar-refractivity contribution in [3.8, 4) is 0 Å². The Morgan fingerprint density at radius 3 is 2.42 bits per heavy atom. The molecule has 0 saturated heterocycles. The van der Waals surface area contributed by atoms with Crippen LogP contribution in [0.3, 0.4) is 0 Å². The van der Waals surface area contributed by atoms with E-state index in [9.17, 15) is 0 Å². The molecule has 1 aromatic rings. The zero-order chi connectivity index (χ0) is 13.8. The van der Waals surface area contributed by atoms with Gasteiger partial charge in [0.25, 0.3) is 0 Å². The molecule has 1 aromatic heterocycles. The summed E-state index contributed by atoms with van der Waals surface area (Å²) < 4.78 is 1.08. The van der Waals surface area contributed by atoms with Crippen molar-refractivity contribution in [3.05, 3.63) is 16.0 Å². The van der Waals surface area contributed by atoms with Gasteiger partial charge in [0.1, 0.15) is 11.6 Å². The Labute approximate surface area is 124 Å². The first-order valence-electron chi connectivity index (χ1n) is 7.52. The van der Waals surface area contributed by atoms with Gasteiger partial charge in [-0.3, -0.25) is 0 Å². The number of nitrogens with zero attached hydrogens (tertiary/aromatic N) is 2. The highest BCUT2D eigenvalue weighted by Gasteiger charge is 2.30. The van der Waals surface area contributed by atoms with Crippen molar-refractivity contribution in [2.75, 3.05) is 11.9 Å². The van der Waals surface area contributed by atoms with Gasteiger partial charge < -0.3 is 5.32 Å². The van der Waals surface area contributed by atoms with E-state index in [0.717, 1.165) is 41.9 Å². The van der Waals surface area contributed by atoms with Crippen molar-refractivity contribution in [1.82, 2.24) is 9.97 Å². The minimum absolute atomic E-state index is 0.479. The Morgan fingerprint density at radius 2 is 1.89 bits per heavy atom. The predicted octanol–water partition coefficient (Wildman–Crippen LogP) is 4.84. The molecule has 0 atom stereocenters. The first-order chi connectivity index (χ1) is 9.21. The quantitative estimate of drug-likeness (QED) is 0.779. The van der Waals surface area contributed by atoms with Crippen molar-refractivity contribution in [3.63, 3.8) is 0 Å². The number of hydrogen-bond donors (Lipinski definition) is 1. The van der Waals surface area contributed by atoms with Crippen LogP contribution >= 0.6 is 15.9 Å². The maximum Gasteiger partial charge on any atom is 0.144 e. The summed E-state index contributed by atoms with van der Waals surface area (Å²) in [4.78, 5) is 9.60. The van der Waals surface area contributed by atoms with Crippen LogP contribution in [0, 0.1) is 0 Å². The van der Waals surface area contributed by atoms with Crippen molar-refractivity contribution >= 4 is 21.7 Å². The van der Waals surface area contributed by atoms with Gasteiger partial charge in [-0.25, -0.2) is 9.97 Å². The van der Waals surface area contributed by atoms with Crippen LogP contribution < -0.4 is 5.32 Å². The van der Waals surface area contributed by atoms with E-state index in [1.165, 1.54) is 18.5 Å². The van der Waals surface area contributed by atoms with Crippen molar-refractivity contribution in [1.29, 1.82) is 0 Å². The van der Waals surface area contributed by atoms with Crippen LogP contribution in [-0.4, -0.2) is 16.5 Å². The number of anilines is 1. The van der Waals surface area contributed by atoms with Crippen LogP contribution in [0.25, 0.3) is 0 Å². The fourth-order valence-corrected chi connectivity index (χ4v) is 2.95. The van der Waals surface area contributed by atoms with Crippen molar-refractivity contribution in [2.45, 2.75) is 64.7 Å². The third-order valence-electron chi connectivity index (χ3n) is 3.75. The monoisotopic (exact) mass is 325 g/mol. The predicted molar refractivity (Wildman–Crippen MR) is 83.8 cm³/mol. The molecule has 1 heterocycles. The van der Waals surface area contributed by atoms with Gasteiger partial charge in [0.05, 0.1) is 10.2 Å². The molecule has 1 N–H and O–H groups in total. The second-order valence-electron chi connectivity index (χ2n) is 5.34. The van der Waals surface area contributed by atoms with Crippen molar-refractivity contribution < 1.29 is 0 Å². The average Bonchev–Trinajstić information content (AvgIpc) is 3.24. The van der Waals surface area contributed by atoms with E-state index in [4.69, 9.17) is 9.97 Å². The first kappa shape index (κ1) is 14.8. The number of nitrogens with one attached hydrogen (secondary N) is 1. The zero-order valence-corrected chi connectivity index (χ0v) is 13.8. The lowest BCUT2D eigenvalue weighted by atomic mass is 10.0. The molecule has 0 spiro atoms. The van der Waals surface area contributed by atoms with Crippen LogP contribution in [0.1, 0.15) is 76.2 Å². The lowest BCUT2D eigenvalue weighted by Crippen LogP contribution is -2.11. The molecule has 1 fully saturated rings. The van der Waals surface area contributed by atoms with E-state index in [0.29, 0.717) is 11.8 Å². The van der Waals surface area contributed by atoms with Crippen LogP contribution in [0.4, 0.5) is 5.82 Å². The van der Waals surface area contributed by atoms with E-state index < -0.39 is 0 Å². The van der Waals surface area contributed by atoms with Crippen LogP contribution in [0.2, 0.25) is 0 Å². The topological polar surface area (TPSA) is 37.8 Å². The fraction of sp³-hybridized carbons (Fsp3) is 0.733. The molecule has 19 heavy (non-hydrogen) atoms. The molecule has 0 radical (unpaired) electrons. The highest BCUT2D eigenvalue weighted by atomic mass is 79.9. The minimum Gasteiger partial charge on any atom is -0.369 e. The Morgan fingerprint density at radius 1 is 1.21 bits per heavy atom. The van der Waals surface area contributed by atoms with Gasteiger partial charge in [-0.05, 0) is 48.0 Å². The Kier molecular flexibility index (Phi) is 5.20. The second kappa shape index (κ2) is 6.69. The summed E-state index contributed by atoms with van der Waals surface area (Å²) in [7, 11) is 0. The normalized spacial score (nSPS) is 15.0. The number of aromatic nitrogens is 2. The van der Waals surface area contributed by atoms with E-state index in [1.54, 1.807) is 0 Å². The van der Waals surface area contributed by atoms with Gasteiger partial charge in [-0.1, -0.05) is 20.8 Å². The molecule has 2 rings (SSSR count). The molecule has 0 bridgehead atoms. The van der Waals surface area contributed by atoms with Gasteiger partial charge in [0, 0.05) is 18.4 Å². The second-order valence-corrected chi connectivity index (χ2v) is 6.14. The van der Waals surface area contributed by atoms with Gasteiger partial charge in [-0.15, -0.1) is 0 Å². The molecule has 0 aromatic carbocycles. The SMILES string of the molecule is CCCNc1nc(C(CC)CC)nc(C2CC2)c1Br. The molecule has 1 saturated carbocycles. The highest BCUT2D eigenvalue weighted by molar-refractivity contribution is 9.10. The molecule has 0 aliphatic heterocycles. The minimum atomic E-state index is 0.479. The molecule has 106 valence electrons. The van der Waals surface area contributed by atoms with Gasteiger partial charge >= 0.3 is 0 Å². The Balaban J connectivity index is 2.35. The zero-order valence-electron chi connectivity index (χ0n) is 12.2. The molecule has 1 aliphatic rings. The first-order valence-corrected chi connectivity index (χ1v) is 8.31. The summed E-state index contributed by atoms with van der Waals surface area (Å²) in [6, 6.07) is 0. The summed E-state index contributed by atoms with van der Waals surface area (Å²) in [5.41, 5.74) is 1.22. The lowest BCUT2D eigenvalue weighted by Gasteiger charge is -2.16. The number of rotatable bonds is 7. The van der Waals surface area contributed by atoms with Crippen LogP contribution in [-0.2, 0) is 0 Å². The summed E-state index contributed by atoms with van der Waals surface area (Å²) in [6.07, 6.45) is 5.86. The molecule has 1 aliphatic carbocycles. The molecule has 3 nitrogen and oxygen atoms in total. The Hall–Kier alpha value is -0.640. The summed E-state index contributed by atoms with van der Waals surface area (Å²) in [5, 5.41) is 3.43. The number of halogens is 1. The maximum atomic E-state index is 4.85. The van der Waals surface area contributed by atoms with Crippen LogP contribution in [0.5, 0.6) is 0 Å². The largest absolute Gasteiger partial charge is 0.369 e. The molecule has 0 amide bonds. The smallest absolute Gasteiger partial charge is 0.144 e. The molecular formula is C15H24BrN3. The third kappa shape index (κ3) is 3.47. The van der Waals surface area contributed by atoms with E-state index in [-0.39, 0.29) is 0 Å². The standard InChI is InChI=1S/C15H24BrN3/c1-4-9-17-15-12(16)13(11-7-8-11)18-14(19-15)10(5-2)6-3/h10-11H,4-9H2,1-3H3,(H,17,18,19). The lowest BCUT2D eigenvalue weighted by molar-refractivity contribution is 0.597. The average molecular weight is 326 g/mol. The summed E-state index contributed by atoms with van der Waals surface area (Å²) in [5.74, 6) is 3.13. The van der Waals surface area contributed by atoms with Crippen LogP contribution in [0.15, 0.2) is 4.47 Å². The summed E-state index contributed by atoms with van der Waals surface area (Å²) in [6.45, 7) is 7.57. The van der Waals surface area contributed by atoms with Gasteiger partial charge in [0.15, 0.2) is 0 Å². The molecular weight excluding hydrogens is 302 g/mol.